The molecule has 0 aliphatic carbocycles. The second-order valence-corrected chi connectivity index (χ2v) is 1.84. The molecule has 56 valence electrons. The van der Waals surface area contributed by atoms with Crippen LogP contribution >= 0.6 is 11.6 Å². The van der Waals surface area contributed by atoms with Gasteiger partial charge in [0.25, 0.3) is 0 Å². The summed E-state index contributed by atoms with van der Waals surface area (Å²) in [7, 11) is 1.62. The van der Waals surface area contributed by atoms with Gasteiger partial charge in [-0.25, -0.2) is 0 Å². The topological polar surface area (TPSA) is 9.23 Å². The van der Waals surface area contributed by atoms with Gasteiger partial charge in [0, 0.05) is 5.54 Å². The Bertz CT molecular complexity index is 157. The van der Waals surface area contributed by atoms with Gasteiger partial charge in [-0.3, -0.25) is 0 Å². The van der Waals surface area contributed by atoms with Gasteiger partial charge in [-0.2, -0.15) is 0 Å². The van der Waals surface area contributed by atoms with Crippen LogP contribution in [0.2, 0.25) is 0 Å². The van der Waals surface area contributed by atoms with Crippen molar-refractivity contribution in [3.8, 4) is 0 Å². The van der Waals surface area contributed by atoms with Crippen molar-refractivity contribution in [3.63, 3.8) is 0 Å². The number of allylic oxidation sites excluding steroid dienone is 4. The van der Waals surface area contributed by atoms with E-state index in [1.54, 1.807) is 19.3 Å². The number of hydrogen-bond acceptors (Lipinski definition) is 1. The van der Waals surface area contributed by atoms with Gasteiger partial charge in [0.1, 0.15) is 5.76 Å². The second-order valence-electron chi connectivity index (χ2n) is 1.59. The molecule has 0 aliphatic heterocycles. The van der Waals surface area contributed by atoms with Gasteiger partial charge in [0.15, 0.2) is 0 Å². The lowest BCUT2D eigenvalue weighted by Gasteiger charge is -1.95. The van der Waals surface area contributed by atoms with Gasteiger partial charge in [0.05, 0.1) is 7.11 Å². The largest absolute Gasteiger partial charge is 0.497 e. The molecule has 0 atom stereocenters. The monoisotopic (exact) mass is 158 g/mol. The standard InChI is InChI=1S/C8H11ClO/c1-3-5-8(10-2)6-4-7-9/h3-7H,1-2H3/b5-3-,7-4+,8-6+. The van der Waals surface area contributed by atoms with Crippen molar-refractivity contribution in [2.45, 2.75) is 6.92 Å². The summed E-state index contributed by atoms with van der Waals surface area (Å²) >= 11 is 5.30. The summed E-state index contributed by atoms with van der Waals surface area (Å²) in [6, 6.07) is 0. The molecular formula is C8H11ClO. The lowest BCUT2D eigenvalue weighted by Crippen LogP contribution is -1.78. The fraction of sp³-hybridized carbons (Fsp3) is 0.250. The number of hydrogen-bond donors (Lipinski definition) is 0. The molecule has 0 N–H and O–H groups in total. The summed E-state index contributed by atoms with van der Waals surface area (Å²) in [4.78, 5) is 0. The van der Waals surface area contributed by atoms with Crippen LogP contribution in [0.4, 0.5) is 0 Å². The van der Waals surface area contributed by atoms with Gasteiger partial charge >= 0.3 is 0 Å². The molecule has 0 radical (unpaired) electrons. The number of ether oxygens (including phenoxy) is 1. The van der Waals surface area contributed by atoms with E-state index in [1.165, 1.54) is 5.54 Å². The van der Waals surface area contributed by atoms with E-state index in [-0.39, 0.29) is 0 Å². The van der Waals surface area contributed by atoms with Crippen molar-refractivity contribution in [3.05, 3.63) is 35.6 Å². The Morgan fingerprint density at radius 3 is 2.60 bits per heavy atom. The van der Waals surface area contributed by atoms with Crippen molar-refractivity contribution >= 4 is 11.6 Å². The summed E-state index contributed by atoms with van der Waals surface area (Å²) in [5.41, 5.74) is 1.43. The SMILES string of the molecule is C\C=C/C(=C\C=C\Cl)OC. The fourth-order valence-electron chi connectivity index (χ4n) is 0.487. The van der Waals surface area contributed by atoms with Gasteiger partial charge in [-0.15, -0.1) is 0 Å². The van der Waals surface area contributed by atoms with E-state index in [1.807, 2.05) is 19.1 Å². The second kappa shape index (κ2) is 6.43. The minimum atomic E-state index is 0.791. The Labute approximate surface area is 66.6 Å². The predicted octanol–water partition coefficient (Wildman–Crippen LogP) is 2.85. The van der Waals surface area contributed by atoms with Crippen LogP contribution in [0.1, 0.15) is 6.92 Å². The first-order valence-electron chi connectivity index (χ1n) is 2.99. The van der Waals surface area contributed by atoms with E-state index in [9.17, 15) is 0 Å². The average molecular weight is 159 g/mol. The molecule has 2 heteroatoms. The average Bonchev–Trinajstić information content (AvgIpc) is 1.98. The Morgan fingerprint density at radius 1 is 1.50 bits per heavy atom. The van der Waals surface area contributed by atoms with Crippen LogP contribution in [0.3, 0.4) is 0 Å². The molecule has 1 nitrogen and oxygen atoms in total. The highest BCUT2D eigenvalue weighted by atomic mass is 35.5. The molecule has 0 aliphatic rings. The van der Waals surface area contributed by atoms with Crippen LogP contribution in [-0.4, -0.2) is 7.11 Å². The quantitative estimate of drug-likeness (QED) is 0.454. The van der Waals surface area contributed by atoms with Crippen molar-refractivity contribution < 1.29 is 4.74 Å². The highest BCUT2D eigenvalue weighted by molar-refractivity contribution is 6.25. The summed E-state index contributed by atoms with van der Waals surface area (Å²) in [5, 5.41) is 0. The molecule has 0 aromatic heterocycles. The van der Waals surface area contributed by atoms with E-state index in [4.69, 9.17) is 16.3 Å². The van der Waals surface area contributed by atoms with Gasteiger partial charge in [-0.1, -0.05) is 17.7 Å². The predicted molar refractivity (Wildman–Crippen MR) is 44.9 cm³/mol. The Morgan fingerprint density at radius 2 is 2.20 bits per heavy atom. The molecule has 0 amide bonds. The molecule has 0 bridgehead atoms. The van der Waals surface area contributed by atoms with Gasteiger partial charge in [-0.05, 0) is 25.2 Å². The molecule has 0 aromatic rings. The third kappa shape index (κ3) is 4.21. The molecule has 10 heavy (non-hydrogen) atoms. The number of halogens is 1. The fourth-order valence-corrected chi connectivity index (χ4v) is 0.560. The third-order valence-corrected chi connectivity index (χ3v) is 1.05. The smallest absolute Gasteiger partial charge is 0.118 e. The zero-order valence-electron chi connectivity index (χ0n) is 6.17. The zero-order chi connectivity index (χ0) is 7.82. The third-order valence-electron chi connectivity index (χ3n) is 0.900. The first-order valence-corrected chi connectivity index (χ1v) is 3.42. The maximum absolute atomic E-state index is 5.30. The van der Waals surface area contributed by atoms with Crippen LogP contribution < -0.4 is 0 Å². The van der Waals surface area contributed by atoms with E-state index in [0.29, 0.717) is 0 Å². The molecule has 0 unspecified atom stereocenters. The van der Waals surface area contributed by atoms with E-state index in [2.05, 4.69) is 0 Å². The normalized spacial score (nSPS) is 13.3. The van der Waals surface area contributed by atoms with Crippen molar-refractivity contribution in [2.75, 3.05) is 7.11 Å². The molecule has 0 spiro atoms. The lowest BCUT2D eigenvalue weighted by molar-refractivity contribution is 0.307. The highest BCUT2D eigenvalue weighted by Crippen LogP contribution is 1.97. The molecule has 0 heterocycles. The Hall–Kier alpha value is -0.690. The van der Waals surface area contributed by atoms with Crippen molar-refractivity contribution in [2.24, 2.45) is 0 Å². The molecular weight excluding hydrogens is 148 g/mol. The van der Waals surface area contributed by atoms with Crippen LogP contribution in [0, 0.1) is 0 Å². The Balaban J connectivity index is 4.04. The van der Waals surface area contributed by atoms with Gasteiger partial charge < -0.3 is 4.74 Å². The summed E-state index contributed by atoms with van der Waals surface area (Å²) in [5.74, 6) is 0.791. The van der Waals surface area contributed by atoms with Crippen LogP contribution in [-0.2, 0) is 4.74 Å². The molecule has 0 rings (SSSR count). The maximum atomic E-state index is 5.30. The summed E-state index contributed by atoms with van der Waals surface area (Å²) in [6.45, 7) is 1.93. The maximum Gasteiger partial charge on any atom is 0.118 e. The van der Waals surface area contributed by atoms with Crippen LogP contribution in [0.5, 0.6) is 0 Å². The molecule has 0 fully saturated rings. The summed E-state index contributed by atoms with van der Waals surface area (Å²) < 4.78 is 4.96. The Kier molecular flexibility index (Phi) is 5.99. The van der Waals surface area contributed by atoms with Crippen LogP contribution in [0.25, 0.3) is 0 Å². The number of rotatable bonds is 3. The van der Waals surface area contributed by atoms with E-state index in [0.717, 1.165) is 5.76 Å². The lowest BCUT2D eigenvalue weighted by atomic mass is 10.4. The van der Waals surface area contributed by atoms with Crippen LogP contribution in [0.15, 0.2) is 35.6 Å². The molecule has 0 saturated heterocycles. The minimum absolute atomic E-state index is 0.791. The molecule has 0 aromatic carbocycles. The highest BCUT2D eigenvalue weighted by Gasteiger charge is 1.82. The van der Waals surface area contributed by atoms with E-state index >= 15 is 0 Å². The first kappa shape index (κ1) is 9.31. The summed E-state index contributed by atoms with van der Waals surface area (Å²) in [6.07, 6.45) is 7.25. The minimum Gasteiger partial charge on any atom is -0.497 e. The van der Waals surface area contributed by atoms with Crippen molar-refractivity contribution in [1.29, 1.82) is 0 Å². The van der Waals surface area contributed by atoms with E-state index < -0.39 is 0 Å². The number of methoxy groups -OCH3 is 1. The first-order chi connectivity index (χ1) is 4.85. The van der Waals surface area contributed by atoms with Crippen molar-refractivity contribution in [1.82, 2.24) is 0 Å². The molecule has 0 saturated carbocycles. The van der Waals surface area contributed by atoms with Gasteiger partial charge in [0.2, 0.25) is 0 Å². The zero-order valence-corrected chi connectivity index (χ0v) is 6.93.